The number of carbonyl (C=O) groups is 1. The Morgan fingerprint density at radius 1 is 1.17 bits per heavy atom. The van der Waals surface area contributed by atoms with Crippen LogP contribution in [0, 0.1) is 20.8 Å². The van der Waals surface area contributed by atoms with Gasteiger partial charge in [-0.1, -0.05) is 47.5 Å². The van der Waals surface area contributed by atoms with E-state index in [0.717, 1.165) is 27.4 Å². The van der Waals surface area contributed by atoms with Gasteiger partial charge < -0.3 is 10.6 Å². The lowest BCUT2D eigenvalue weighted by atomic mass is 10.1. The maximum absolute atomic E-state index is 12.2. The summed E-state index contributed by atoms with van der Waals surface area (Å²) in [6.07, 6.45) is 0. The molecular formula is C19H24ClN2O+. The standard InChI is InChI=1S/C19H23ClN2O/c1-12-9-13(2)19(14(3)10-12)22-18(23)11-21-15(4)16-7-5-6-8-17(16)20/h5-10,15,21H,11H2,1-4H3,(H,22,23)/p+1/t15-/m1/s1. The van der Waals surface area contributed by atoms with Crippen LogP contribution in [0.2, 0.25) is 5.02 Å². The molecule has 0 fully saturated rings. The second kappa shape index (κ2) is 7.62. The Labute approximate surface area is 143 Å². The molecule has 0 aliphatic rings. The van der Waals surface area contributed by atoms with Crippen molar-refractivity contribution < 1.29 is 10.1 Å². The number of carbonyl (C=O) groups excluding carboxylic acids is 1. The summed E-state index contributed by atoms with van der Waals surface area (Å²) in [4.78, 5) is 12.2. The summed E-state index contributed by atoms with van der Waals surface area (Å²) in [7, 11) is 0. The number of amides is 1. The van der Waals surface area contributed by atoms with Crippen molar-refractivity contribution in [3.05, 3.63) is 63.7 Å². The molecule has 122 valence electrons. The molecule has 3 N–H and O–H groups in total. The third-order valence-electron chi connectivity index (χ3n) is 3.99. The van der Waals surface area contributed by atoms with Gasteiger partial charge in [0.25, 0.3) is 5.91 Å². The first-order valence-electron chi connectivity index (χ1n) is 7.84. The average molecular weight is 332 g/mol. The van der Waals surface area contributed by atoms with Gasteiger partial charge in [-0.2, -0.15) is 0 Å². The van der Waals surface area contributed by atoms with Crippen LogP contribution in [0.25, 0.3) is 0 Å². The first-order valence-corrected chi connectivity index (χ1v) is 8.21. The van der Waals surface area contributed by atoms with Gasteiger partial charge in [0, 0.05) is 16.3 Å². The van der Waals surface area contributed by atoms with Gasteiger partial charge in [-0.05, 0) is 44.9 Å². The number of nitrogens with two attached hydrogens (primary N) is 1. The lowest BCUT2D eigenvalue weighted by Crippen LogP contribution is -2.86. The predicted octanol–water partition coefficient (Wildman–Crippen LogP) is 3.53. The summed E-state index contributed by atoms with van der Waals surface area (Å²) in [6, 6.07) is 12.0. The molecule has 0 heterocycles. The molecular weight excluding hydrogens is 308 g/mol. The highest BCUT2D eigenvalue weighted by Gasteiger charge is 2.15. The summed E-state index contributed by atoms with van der Waals surface area (Å²) in [6.45, 7) is 8.51. The fraction of sp³-hybridized carbons (Fsp3) is 0.316. The second-order valence-corrected chi connectivity index (χ2v) is 6.48. The van der Waals surface area contributed by atoms with Crippen molar-refractivity contribution >= 4 is 23.2 Å². The number of nitrogens with one attached hydrogen (secondary N) is 1. The lowest BCUT2D eigenvalue weighted by Gasteiger charge is -2.15. The molecule has 0 saturated heterocycles. The highest BCUT2D eigenvalue weighted by Crippen LogP contribution is 2.22. The maximum Gasteiger partial charge on any atom is 0.279 e. The number of hydrogen-bond acceptors (Lipinski definition) is 1. The molecule has 0 spiro atoms. The van der Waals surface area contributed by atoms with Crippen molar-refractivity contribution in [2.24, 2.45) is 0 Å². The van der Waals surface area contributed by atoms with Crippen LogP contribution in [0.5, 0.6) is 0 Å². The molecule has 1 atom stereocenters. The van der Waals surface area contributed by atoms with Gasteiger partial charge in [0.15, 0.2) is 6.54 Å². The quantitative estimate of drug-likeness (QED) is 0.865. The molecule has 0 aliphatic carbocycles. The highest BCUT2D eigenvalue weighted by atomic mass is 35.5. The van der Waals surface area contributed by atoms with Crippen LogP contribution in [0.4, 0.5) is 5.69 Å². The first-order chi connectivity index (χ1) is 10.9. The maximum atomic E-state index is 12.2. The summed E-state index contributed by atoms with van der Waals surface area (Å²) >= 11 is 6.20. The largest absolute Gasteiger partial charge is 0.332 e. The van der Waals surface area contributed by atoms with Gasteiger partial charge in [-0.25, -0.2) is 0 Å². The summed E-state index contributed by atoms with van der Waals surface area (Å²) in [5.74, 6) is -0.000966. The molecule has 0 bridgehead atoms. The van der Waals surface area contributed by atoms with Crippen LogP contribution >= 0.6 is 11.6 Å². The van der Waals surface area contributed by atoms with Crippen LogP contribution in [0.3, 0.4) is 0 Å². The third kappa shape index (κ3) is 4.57. The van der Waals surface area contributed by atoms with E-state index in [1.807, 2.05) is 43.4 Å². The molecule has 0 saturated carbocycles. The molecule has 23 heavy (non-hydrogen) atoms. The van der Waals surface area contributed by atoms with E-state index in [4.69, 9.17) is 11.6 Å². The number of halogens is 1. The Morgan fingerprint density at radius 3 is 2.39 bits per heavy atom. The number of hydrogen-bond donors (Lipinski definition) is 2. The minimum absolute atomic E-state index is 0.000966. The van der Waals surface area contributed by atoms with Crippen LogP contribution in [-0.4, -0.2) is 12.5 Å². The lowest BCUT2D eigenvalue weighted by molar-refractivity contribution is -0.682. The fourth-order valence-corrected chi connectivity index (χ4v) is 3.13. The minimum atomic E-state index is -0.000966. The van der Waals surface area contributed by atoms with E-state index in [9.17, 15) is 4.79 Å². The molecule has 2 rings (SSSR count). The average Bonchev–Trinajstić information content (AvgIpc) is 2.49. The van der Waals surface area contributed by atoms with Crippen molar-refractivity contribution in [1.29, 1.82) is 0 Å². The van der Waals surface area contributed by atoms with Crippen molar-refractivity contribution in [2.75, 3.05) is 11.9 Å². The summed E-state index contributed by atoms with van der Waals surface area (Å²) < 4.78 is 0. The zero-order valence-electron chi connectivity index (χ0n) is 14.1. The zero-order chi connectivity index (χ0) is 17.0. The van der Waals surface area contributed by atoms with Crippen molar-refractivity contribution in [3.63, 3.8) is 0 Å². The van der Waals surface area contributed by atoms with Crippen molar-refractivity contribution in [1.82, 2.24) is 0 Å². The molecule has 0 aliphatic heterocycles. The second-order valence-electron chi connectivity index (χ2n) is 6.07. The zero-order valence-corrected chi connectivity index (χ0v) is 14.9. The van der Waals surface area contributed by atoms with Crippen LogP contribution < -0.4 is 10.6 Å². The van der Waals surface area contributed by atoms with E-state index in [1.165, 1.54) is 5.56 Å². The molecule has 2 aromatic rings. The predicted molar refractivity (Wildman–Crippen MR) is 95.9 cm³/mol. The third-order valence-corrected chi connectivity index (χ3v) is 4.34. The van der Waals surface area contributed by atoms with Gasteiger partial charge >= 0.3 is 0 Å². The monoisotopic (exact) mass is 331 g/mol. The van der Waals surface area contributed by atoms with E-state index in [0.29, 0.717) is 6.54 Å². The first kappa shape index (κ1) is 17.5. The van der Waals surface area contributed by atoms with Crippen molar-refractivity contribution in [3.8, 4) is 0 Å². The number of quaternary nitrogens is 1. The van der Waals surface area contributed by atoms with Gasteiger partial charge in [-0.15, -0.1) is 0 Å². The van der Waals surface area contributed by atoms with Gasteiger partial charge in [0.2, 0.25) is 0 Å². The molecule has 0 unspecified atom stereocenters. The van der Waals surface area contributed by atoms with Crippen LogP contribution in [-0.2, 0) is 4.79 Å². The van der Waals surface area contributed by atoms with E-state index in [-0.39, 0.29) is 11.9 Å². The smallest absolute Gasteiger partial charge is 0.279 e. The molecule has 0 radical (unpaired) electrons. The number of anilines is 1. The van der Waals surface area contributed by atoms with Gasteiger partial charge in [0.05, 0.1) is 0 Å². The van der Waals surface area contributed by atoms with Crippen LogP contribution in [0.1, 0.15) is 35.2 Å². The van der Waals surface area contributed by atoms with E-state index in [1.54, 1.807) is 0 Å². The Bertz CT molecular complexity index is 689. The van der Waals surface area contributed by atoms with E-state index >= 15 is 0 Å². The number of aryl methyl sites for hydroxylation is 3. The van der Waals surface area contributed by atoms with Gasteiger partial charge in [-0.3, -0.25) is 4.79 Å². The summed E-state index contributed by atoms with van der Waals surface area (Å²) in [5.41, 5.74) is 5.35. The Hall–Kier alpha value is -1.84. The molecule has 1 amide bonds. The van der Waals surface area contributed by atoms with Crippen LogP contribution in [0.15, 0.2) is 36.4 Å². The molecule has 2 aromatic carbocycles. The highest BCUT2D eigenvalue weighted by molar-refractivity contribution is 6.31. The topological polar surface area (TPSA) is 45.7 Å². The normalized spacial score (nSPS) is 12.0. The Kier molecular flexibility index (Phi) is 5.80. The Morgan fingerprint density at radius 2 is 1.78 bits per heavy atom. The fourth-order valence-electron chi connectivity index (χ4n) is 2.82. The SMILES string of the molecule is Cc1cc(C)c(NC(=O)C[NH2+][C@H](C)c2ccccc2Cl)c(C)c1. The number of benzene rings is 2. The summed E-state index contributed by atoms with van der Waals surface area (Å²) in [5, 5.41) is 5.76. The number of rotatable bonds is 5. The Balaban J connectivity index is 1.97. The molecule has 4 heteroatoms. The van der Waals surface area contributed by atoms with E-state index in [2.05, 4.69) is 31.3 Å². The molecule has 3 nitrogen and oxygen atoms in total. The minimum Gasteiger partial charge on any atom is -0.332 e. The van der Waals surface area contributed by atoms with Crippen molar-refractivity contribution in [2.45, 2.75) is 33.7 Å². The van der Waals surface area contributed by atoms with Gasteiger partial charge in [0.1, 0.15) is 6.04 Å². The molecule has 0 aromatic heterocycles. The van der Waals surface area contributed by atoms with E-state index < -0.39 is 0 Å².